The van der Waals surface area contributed by atoms with Crippen LogP contribution in [0.3, 0.4) is 0 Å². The summed E-state index contributed by atoms with van der Waals surface area (Å²) in [6, 6.07) is 5.94. The van der Waals surface area contributed by atoms with Crippen molar-refractivity contribution in [3.05, 3.63) is 31.8 Å². The minimum atomic E-state index is 0.166. The van der Waals surface area contributed by atoms with Crippen molar-refractivity contribution >= 4 is 44.4 Å². The summed E-state index contributed by atoms with van der Waals surface area (Å²) in [5.74, 6) is 1.64. The first kappa shape index (κ1) is 16.3. The van der Waals surface area contributed by atoms with E-state index < -0.39 is 0 Å². The van der Waals surface area contributed by atoms with Crippen LogP contribution < -0.4 is 0 Å². The maximum Gasteiger partial charge on any atom is 0.255 e. The Morgan fingerprint density at radius 3 is 2.80 bits per heavy atom. The summed E-state index contributed by atoms with van der Waals surface area (Å²) >= 11 is 5.76. The zero-order chi connectivity index (χ0) is 14.7. The number of likely N-dealkylation sites (tertiary alicyclic amines) is 1. The van der Waals surface area contributed by atoms with Crippen LogP contribution in [0.5, 0.6) is 0 Å². The Kier molecular flexibility index (Phi) is 5.90. The van der Waals surface area contributed by atoms with Crippen LogP contribution in [0.4, 0.5) is 0 Å². The molecule has 1 atom stereocenters. The van der Waals surface area contributed by atoms with Gasteiger partial charge in [-0.1, -0.05) is 13.8 Å². The molecule has 1 unspecified atom stereocenters. The van der Waals surface area contributed by atoms with E-state index in [9.17, 15) is 4.79 Å². The average Bonchev–Trinajstić information content (AvgIpc) is 2.66. The number of halogens is 2. The molecule has 0 aliphatic carbocycles. The molecule has 4 heteroatoms. The van der Waals surface area contributed by atoms with Crippen LogP contribution in [0.15, 0.2) is 22.7 Å². The molecule has 0 saturated carbocycles. The molecule has 1 saturated heterocycles. The first-order valence-corrected chi connectivity index (χ1v) is 9.10. The number of rotatable bonds is 2. The third-order valence-electron chi connectivity index (χ3n) is 4.16. The zero-order valence-corrected chi connectivity index (χ0v) is 15.8. The largest absolute Gasteiger partial charge is 0.339 e. The van der Waals surface area contributed by atoms with Crippen LogP contribution in [-0.2, 0) is 0 Å². The van der Waals surface area contributed by atoms with Gasteiger partial charge in [0.25, 0.3) is 5.91 Å². The highest BCUT2D eigenvalue weighted by molar-refractivity contribution is 14.1. The van der Waals surface area contributed by atoms with Crippen molar-refractivity contribution in [1.29, 1.82) is 0 Å². The number of hydrogen-bond acceptors (Lipinski definition) is 1. The Hall–Kier alpha value is -0.100. The first-order valence-electron chi connectivity index (χ1n) is 7.23. The van der Waals surface area contributed by atoms with E-state index >= 15 is 0 Å². The Bertz CT molecular complexity index is 489. The molecule has 1 aromatic carbocycles. The van der Waals surface area contributed by atoms with Gasteiger partial charge in [0.05, 0.1) is 5.56 Å². The van der Waals surface area contributed by atoms with E-state index in [2.05, 4.69) is 52.4 Å². The van der Waals surface area contributed by atoms with Crippen molar-refractivity contribution in [3.63, 3.8) is 0 Å². The number of hydrogen-bond donors (Lipinski definition) is 0. The van der Waals surface area contributed by atoms with Gasteiger partial charge in [0.2, 0.25) is 0 Å². The number of benzene rings is 1. The second-order valence-corrected chi connectivity index (χ2v) is 7.95. The summed E-state index contributed by atoms with van der Waals surface area (Å²) in [5, 5.41) is 0. The Morgan fingerprint density at radius 2 is 2.10 bits per heavy atom. The molecular formula is C16H21BrINO. The lowest BCUT2D eigenvalue weighted by Gasteiger charge is -2.22. The highest BCUT2D eigenvalue weighted by Gasteiger charge is 2.24. The quantitative estimate of drug-likeness (QED) is 0.585. The smallest absolute Gasteiger partial charge is 0.255 e. The van der Waals surface area contributed by atoms with Crippen LogP contribution >= 0.6 is 38.5 Å². The molecule has 0 radical (unpaired) electrons. The fraction of sp³-hybridized carbons (Fsp3) is 0.562. The normalized spacial score (nSPS) is 20.1. The number of carbonyl (C=O) groups is 1. The molecule has 20 heavy (non-hydrogen) atoms. The van der Waals surface area contributed by atoms with Gasteiger partial charge >= 0.3 is 0 Å². The van der Waals surface area contributed by atoms with Crippen molar-refractivity contribution in [1.82, 2.24) is 4.90 Å². The molecule has 0 aromatic heterocycles. The second kappa shape index (κ2) is 7.25. The van der Waals surface area contributed by atoms with Gasteiger partial charge in [-0.05, 0) is 87.8 Å². The van der Waals surface area contributed by atoms with Gasteiger partial charge in [0.1, 0.15) is 0 Å². The maximum absolute atomic E-state index is 12.7. The maximum atomic E-state index is 12.7. The summed E-state index contributed by atoms with van der Waals surface area (Å²) in [6.45, 7) is 6.36. The first-order chi connectivity index (χ1) is 9.49. The summed E-state index contributed by atoms with van der Waals surface area (Å²) < 4.78 is 2.00. The SMILES string of the molecule is CC(C)C1CCCN(C(=O)c2cc(I)ccc2Br)CC1. The van der Waals surface area contributed by atoms with Gasteiger partial charge in [-0.25, -0.2) is 0 Å². The van der Waals surface area contributed by atoms with Crippen LogP contribution in [0.25, 0.3) is 0 Å². The highest BCUT2D eigenvalue weighted by Crippen LogP contribution is 2.27. The van der Waals surface area contributed by atoms with Crippen molar-refractivity contribution in [3.8, 4) is 0 Å². The van der Waals surface area contributed by atoms with Crippen LogP contribution in [0.2, 0.25) is 0 Å². The lowest BCUT2D eigenvalue weighted by molar-refractivity contribution is 0.0758. The Labute approximate surface area is 143 Å². The summed E-state index contributed by atoms with van der Waals surface area (Å²) in [4.78, 5) is 14.7. The molecule has 0 spiro atoms. The molecule has 2 nitrogen and oxygen atoms in total. The summed E-state index contributed by atoms with van der Waals surface area (Å²) in [6.07, 6.45) is 3.50. The summed E-state index contributed by atoms with van der Waals surface area (Å²) in [7, 11) is 0. The Balaban J connectivity index is 2.11. The third-order valence-corrected chi connectivity index (χ3v) is 5.52. The summed E-state index contributed by atoms with van der Waals surface area (Å²) in [5.41, 5.74) is 0.792. The molecule has 1 aliphatic rings. The average molecular weight is 450 g/mol. The fourth-order valence-corrected chi connectivity index (χ4v) is 3.73. The van der Waals surface area contributed by atoms with E-state index in [1.807, 2.05) is 23.1 Å². The van der Waals surface area contributed by atoms with E-state index in [0.717, 1.165) is 51.4 Å². The molecule has 2 rings (SSSR count). The lowest BCUT2D eigenvalue weighted by atomic mass is 9.89. The third kappa shape index (κ3) is 3.97. The predicted octanol–water partition coefficient (Wildman–Crippen LogP) is 4.95. The standard InChI is InChI=1S/C16H21BrINO/c1-11(2)12-4-3-8-19(9-7-12)16(20)14-10-13(18)5-6-15(14)17/h5-6,10-12H,3-4,7-9H2,1-2H3. The Morgan fingerprint density at radius 1 is 1.35 bits per heavy atom. The predicted molar refractivity (Wildman–Crippen MR) is 94.9 cm³/mol. The minimum Gasteiger partial charge on any atom is -0.339 e. The number of amides is 1. The van der Waals surface area contributed by atoms with E-state index in [0.29, 0.717) is 0 Å². The van der Waals surface area contributed by atoms with E-state index in [1.165, 1.54) is 6.42 Å². The highest BCUT2D eigenvalue weighted by atomic mass is 127. The van der Waals surface area contributed by atoms with Crippen LogP contribution in [-0.4, -0.2) is 23.9 Å². The molecule has 110 valence electrons. The van der Waals surface area contributed by atoms with Crippen LogP contribution in [0.1, 0.15) is 43.5 Å². The molecule has 0 N–H and O–H groups in total. The van der Waals surface area contributed by atoms with Crippen molar-refractivity contribution < 1.29 is 4.79 Å². The second-order valence-electron chi connectivity index (χ2n) is 5.85. The lowest BCUT2D eigenvalue weighted by Crippen LogP contribution is -2.32. The van der Waals surface area contributed by atoms with Gasteiger partial charge < -0.3 is 4.90 Å². The topological polar surface area (TPSA) is 20.3 Å². The zero-order valence-electron chi connectivity index (χ0n) is 12.0. The van der Waals surface area contributed by atoms with Gasteiger partial charge in [0.15, 0.2) is 0 Å². The van der Waals surface area contributed by atoms with Gasteiger partial charge in [-0.15, -0.1) is 0 Å². The molecule has 0 bridgehead atoms. The van der Waals surface area contributed by atoms with Gasteiger partial charge in [-0.2, -0.15) is 0 Å². The van der Waals surface area contributed by atoms with Crippen LogP contribution in [0, 0.1) is 15.4 Å². The van der Waals surface area contributed by atoms with Gasteiger partial charge in [0, 0.05) is 21.1 Å². The van der Waals surface area contributed by atoms with E-state index in [-0.39, 0.29) is 5.91 Å². The van der Waals surface area contributed by atoms with Crippen molar-refractivity contribution in [2.75, 3.05) is 13.1 Å². The van der Waals surface area contributed by atoms with Crippen molar-refractivity contribution in [2.45, 2.75) is 33.1 Å². The van der Waals surface area contributed by atoms with E-state index in [4.69, 9.17) is 0 Å². The fourth-order valence-electron chi connectivity index (χ4n) is 2.82. The molecular weight excluding hydrogens is 429 g/mol. The number of carbonyl (C=O) groups excluding carboxylic acids is 1. The number of nitrogens with zero attached hydrogens (tertiary/aromatic N) is 1. The van der Waals surface area contributed by atoms with Gasteiger partial charge in [-0.3, -0.25) is 4.79 Å². The molecule has 1 heterocycles. The minimum absolute atomic E-state index is 0.166. The van der Waals surface area contributed by atoms with Crippen molar-refractivity contribution in [2.24, 2.45) is 11.8 Å². The molecule has 1 amide bonds. The molecule has 1 aromatic rings. The monoisotopic (exact) mass is 449 g/mol. The van der Waals surface area contributed by atoms with E-state index in [1.54, 1.807) is 0 Å². The molecule has 1 aliphatic heterocycles. The molecule has 1 fully saturated rings.